The molecule has 1 N–H and O–H groups in total. The van der Waals surface area contributed by atoms with Gasteiger partial charge in [-0.1, -0.05) is 45.0 Å². The van der Waals surface area contributed by atoms with E-state index in [2.05, 4.69) is 48.2 Å². The third kappa shape index (κ3) is 3.44. The minimum absolute atomic E-state index is 0.147. The van der Waals surface area contributed by atoms with Crippen LogP contribution < -0.4 is 5.32 Å². The van der Waals surface area contributed by atoms with Crippen LogP contribution in [0.15, 0.2) is 24.3 Å². The van der Waals surface area contributed by atoms with Gasteiger partial charge in [-0.25, -0.2) is 4.79 Å². The van der Waals surface area contributed by atoms with Gasteiger partial charge in [0.25, 0.3) is 0 Å². The third-order valence-corrected chi connectivity index (χ3v) is 6.11. The van der Waals surface area contributed by atoms with E-state index in [-0.39, 0.29) is 17.2 Å². The maximum atomic E-state index is 12.9. The molecule has 3 rings (SSSR count). The maximum absolute atomic E-state index is 12.9. The predicted octanol–water partition coefficient (Wildman–Crippen LogP) is 3.29. The van der Waals surface area contributed by atoms with Crippen molar-refractivity contribution < 1.29 is 14.3 Å². The maximum Gasteiger partial charge on any atom is 0.406 e. The molecule has 0 bridgehead atoms. The Balaban J connectivity index is 1.67. The van der Waals surface area contributed by atoms with E-state index in [1.165, 1.54) is 24.7 Å². The summed E-state index contributed by atoms with van der Waals surface area (Å²) in [6, 6.07) is 8.88. The fourth-order valence-corrected chi connectivity index (χ4v) is 4.25. The zero-order valence-corrected chi connectivity index (χ0v) is 16.2. The highest BCUT2D eigenvalue weighted by Crippen LogP contribution is 2.59. The number of nitrogens with one attached hydrogen (secondary N) is 1. The summed E-state index contributed by atoms with van der Waals surface area (Å²) < 4.78 is 4.60. The Kier molecular flexibility index (Phi) is 5.26. The second kappa shape index (κ2) is 7.29. The fraction of sp³-hybridized carbons (Fsp3) is 0.619. The summed E-state index contributed by atoms with van der Waals surface area (Å²) in [7, 11) is 1.33. The van der Waals surface area contributed by atoms with Gasteiger partial charge >= 0.3 is 6.09 Å². The van der Waals surface area contributed by atoms with Gasteiger partial charge in [-0.2, -0.15) is 0 Å². The number of amides is 2. The summed E-state index contributed by atoms with van der Waals surface area (Å²) in [5.74, 6) is 1.04. The van der Waals surface area contributed by atoms with E-state index < -0.39 is 6.09 Å². The zero-order valence-electron chi connectivity index (χ0n) is 16.2. The number of hydrogen-bond acceptors (Lipinski definition) is 3. The molecule has 26 heavy (non-hydrogen) atoms. The number of carbonyl (C=O) groups excluding carboxylic acids is 2. The number of hydrogen-bond donors (Lipinski definition) is 1. The molecule has 1 saturated heterocycles. The van der Waals surface area contributed by atoms with Crippen molar-refractivity contribution in [3.8, 4) is 0 Å². The number of ether oxygens (including phenoxy) is 1. The third-order valence-electron chi connectivity index (χ3n) is 6.11. The molecule has 1 aliphatic heterocycles. The second-order valence-corrected chi connectivity index (χ2v) is 8.03. The van der Waals surface area contributed by atoms with Gasteiger partial charge in [-0.3, -0.25) is 4.79 Å². The van der Waals surface area contributed by atoms with Crippen molar-refractivity contribution in [2.45, 2.75) is 44.9 Å². The summed E-state index contributed by atoms with van der Waals surface area (Å²) in [6.45, 7) is 8.38. The largest absolute Gasteiger partial charge is 0.453 e. The quantitative estimate of drug-likeness (QED) is 0.849. The second-order valence-electron chi connectivity index (χ2n) is 8.03. The van der Waals surface area contributed by atoms with Crippen LogP contribution in [-0.2, 0) is 14.9 Å². The van der Waals surface area contributed by atoms with Crippen LogP contribution in [0, 0.1) is 11.8 Å². The molecule has 1 saturated carbocycles. The van der Waals surface area contributed by atoms with E-state index >= 15 is 0 Å². The van der Waals surface area contributed by atoms with E-state index in [4.69, 9.17) is 0 Å². The minimum atomic E-state index is -0.484. The van der Waals surface area contributed by atoms with Crippen molar-refractivity contribution in [3.05, 3.63) is 35.4 Å². The van der Waals surface area contributed by atoms with E-state index in [1.54, 1.807) is 0 Å². The van der Waals surface area contributed by atoms with E-state index in [1.807, 2.05) is 11.8 Å². The SMILES string of the molecule is CC[C@H](CNC(=O)OC)C(=O)N1CC2CC2(c2cccc(C(C)C)c2)C1. The van der Waals surface area contributed by atoms with Crippen LogP contribution in [0.1, 0.15) is 50.7 Å². The van der Waals surface area contributed by atoms with E-state index in [9.17, 15) is 9.59 Å². The van der Waals surface area contributed by atoms with Gasteiger partial charge in [0.15, 0.2) is 0 Å². The molecule has 2 unspecified atom stereocenters. The number of rotatable bonds is 6. The molecular formula is C21H30N2O3. The summed E-state index contributed by atoms with van der Waals surface area (Å²) in [6.07, 6.45) is 1.40. The number of alkyl carbamates (subject to hydrolysis) is 1. The van der Waals surface area contributed by atoms with Gasteiger partial charge in [-0.05, 0) is 35.8 Å². The Bertz CT molecular complexity index is 688. The molecule has 1 aliphatic carbocycles. The van der Waals surface area contributed by atoms with Gasteiger partial charge in [-0.15, -0.1) is 0 Å². The van der Waals surface area contributed by atoms with Gasteiger partial charge in [0.05, 0.1) is 13.0 Å². The van der Waals surface area contributed by atoms with Crippen molar-refractivity contribution in [1.29, 1.82) is 0 Å². The van der Waals surface area contributed by atoms with Crippen molar-refractivity contribution in [1.82, 2.24) is 10.2 Å². The highest BCUT2D eigenvalue weighted by atomic mass is 16.5. The number of piperidine rings is 1. The lowest BCUT2D eigenvalue weighted by Crippen LogP contribution is -2.42. The molecule has 1 aromatic carbocycles. The first kappa shape index (κ1) is 18.7. The van der Waals surface area contributed by atoms with Crippen molar-refractivity contribution in [3.63, 3.8) is 0 Å². The van der Waals surface area contributed by atoms with Crippen LogP contribution in [0.25, 0.3) is 0 Å². The summed E-state index contributed by atoms with van der Waals surface area (Å²) in [5, 5.41) is 2.66. The molecule has 5 nitrogen and oxygen atoms in total. The summed E-state index contributed by atoms with van der Waals surface area (Å²) >= 11 is 0. The first-order chi connectivity index (χ1) is 12.4. The normalized spacial score (nSPS) is 25.0. The highest BCUT2D eigenvalue weighted by Gasteiger charge is 2.61. The molecule has 2 amide bonds. The molecule has 0 spiro atoms. The molecule has 142 valence electrons. The lowest BCUT2D eigenvalue weighted by atomic mass is 9.91. The van der Waals surface area contributed by atoms with Gasteiger partial charge in [0, 0.05) is 25.0 Å². The van der Waals surface area contributed by atoms with Gasteiger partial charge in [0.1, 0.15) is 0 Å². The Labute approximate surface area is 156 Å². The minimum Gasteiger partial charge on any atom is -0.453 e. The van der Waals surface area contributed by atoms with Gasteiger partial charge < -0.3 is 15.0 Å². The topological polar surface area (TPSA) is 58.6 Å². The molecule has 2 fully saturated rings. The first-order valence-corrected chi connectivity index (χ1v) is 9.62. The molecule has 1 heterocycles. The smallest absolute Gasteiger partial charge is 0.406 e. The van der Waals surface area contributed by atoms with Crippen molar-refractivity contribution >= 4 is 12.0 Å². The molecule has 5 heteroatoms. The van der Waals surface area contributed by atoms with Crippen molar-refractivity contribution in [2.75, 3.05) is 26.7 Å². The molecule has 0 aromatic heterocycles. The molecule has 0 radical (unpaired) electrons. The van der Waals surface area contributed by atoms with Crippen LogP contribution in [0.5, 0.6) is 0 Å². The van der Waals surface area contributed by atoms with E-state index in [0.717, 1.165) is 13.1 Å². The summed E-state index contributed by atoms with van der Waals surface area (Å²) in [4.78, 5) is 26.2. The average molecular weight is 358 g/mol. The van der Waals surface area contributed by atoms with Crippen LogP contribution in [0.3, 0.4) is 0 Å². The number of carbonyl (C=O) groups is 2. The Hall–Kier alpha value is -2.04. The fourth-order valence-electron chi connectivity index (χ4n) is 4.25. The monoisotopic (exact) mass is 358 g/mol. The number of nitrogens with zero attached hydrogens (tertiary/aromatic N) is 1. The van der Waals surface area contributed by atoms with Crippen molar-refractivity contribution in [2.24, 2.45) is 11.8 Å². The number of likely N-dealkylation sites (tertiary alicyclic amines) is 1. The summed E-state index contributed by atoms with van der Waals surface area (Å²) in [5.41, 5.74) is 2.89. The molecule has 3 atom stereocenters. The lowest BCUT2D eigenvalue weighted by molar-refractivity contribution is -0.135. The predicted molar refractivity (Wildman–Crippen MR) is 101 cm³/mol. The standard InChI is InChI=1S/C21H30N2O3/c1-5-15(11-22-20(25)26-4)19(24)23-12-18-10-21(18,13-23)17-8-6-7-16(9-17)14(2)3/h6-9,14-15,18H,5,10-13H2,1-4H3,(H,22,25)/t15-,18?,21?/m1/s1. The first-order valence-electron chi connectivity index (χ1n) is 9.62. The highest BCUT2D eigenvalue weighted by molar-refractivity contribution is 5.80. The lowest BCUT2D eigenvalue weighted by Gasteiger charge is -2.26. The molecule has 1 aromatic rings. The Morgan fingerprint density at radius 3 is 2.81 bits per heavy atom. The van der Waals surface area contributed by atoms with Crippen LogP contribution >= 0.6 is 0 Å². The number of benzene rings is 1. The number of methoxy groups -OCH3 is 1. The molecule has 2 aliphatic rings. The van der Waals surface area contributed by atoms with Crippen LogP contribution in [0.2, 0.25) is 0 Å². The Morgan fingerprint density at radius 1 is 1.38 bits per heavy atom. The Morgan fingerprint density at radius 2 is 2.15 bits per heavy atom. The zero-order chi connectivity index (χ0) is 18.9. The van der Waals surface area contributed by atoms with Crippen LogP contribution in [-0.4, -0.2) is 43.6 Å². The molecular weight excluding hydrogens is 328 g/mol. The average Bonchev–Trinajstić information content (AvgIpc) is 3.23. The number of fused-ring (bicyclic) bond motifs is 1. The van der Waals surface area contributed by atoms with E-state index in [0.29, 0.717) is 24.8 Å². The van der Waals surface area contributed by atoms with Gasteiger partial charge in [0.2, 0.25) is 5.91 Å². The van der Waals surface area contributed by atoms with Crippen LogP contribution in [0.4, 0.5) is 4.79 Å².